The van der Waals surface area contributed by atoms with Gasteiger partial charge in [-0.05, 0) is 30.5 Å². The monoisotopic (exact) mass is 326 g/mol. The molecule has 24 heavy (non-hydrogen) atoms. The molecular weight excluding hydrogens is 308 g/mol. The van der Waals surface area contributed by atoms with Crippen molar-refractivity contribution in [3.63, 3.8) is 0 Å². The third-order valence-electron chi connectivity index (χ3n) is 4.73. The van der Waals surface area contributed by atoms with E-state index in [1.165, 1.54) is 6.07 Å². The first kappa shape index (κ1) is 16.2. The molecule has 5 nitrogen and oxygen atoms in total. The quantitative estimate of drug-likeness (QED) is 0.833. The summed E-state index contributed by atoms with van der Waals surface area (Å²) in [6.45, 7) is 3.47. The van der Waals surface area contributed by atoms with Crippen LogP contribution in [0.1, 0.15) is 48.5 Å². The summed E-state index contributed by atoms with van der Waals surface area (Å²) in [7, 11) is 0. The van der Waals surface area contributed by atoms with E-state index in [2.05, 4.69) is 0 Å². The normalized spacial score (nSPS) is 22.8. The van der Waals surface area contributed by atoms with Crippen molar-refractivity contribution < 1.29 is 24.6 Å². The average molecular weight is 326 g/mol. The topological polar surface area (TPSA) is 91.7 Å². The van der Waals surface area contributed by atoms with Gasteiger partial charge in [-0.2, -0.15) is 0 Å². The maximum absolute atomic E-state index is 12.5. The first-order valence-corrected chi connectivity index (χ1v) is 7.94. The lowest BCUT2D eigenvalue weighted by Gasteiger charge is -2.34. The van der Waals surface area contributed by atoms with Gasteiger partial charge in [-0.15, -0.1) is 0 Å². The Morgan fingerprint density at radius 1 is 1.21 bits per heavy atom. The van der Waals surface area contributed by atoms with Crippen molar-refractivity contribution in [2.24, 2.45) is 5.92 Å². The summed E-state index contributed by atoms with van der Waals surface area (Å²) < 4.78 is 0. The van der Waals surface area contributed by atoms with Gasteiger partial charge in [0.05, 0.1) is 11.5 Å². The Labute approximate surface area is 139 Å². The van der Waals surface area contributed by atoms with Crippen LogP contribution in [0.2, 0.25) is 0 Å². The highest BCUT2D eigenvalue weighted by molar-refractivity contribution is 6.47. The summed E-state index contributed by atoms with van der Waals surface area (Å²) in [5, 5.41) is 20.5. The number of rotatable bonds is 3. The van der Waals surface area contributed by atoms with Crippen molar-refractivity contribution in [3.8, 4) is 5.75 Å². The SMILES string of the molecule is CCCC(=O)C1=CC2c3cccc(O)c3C(=O)C(=O)C2C(O)=C1C. The minimum atomic E-state index is -1.02. The lowest BCUT2D eigenvalue weighted by atomic mass is 9.68. The molecule has 0 saturated carbocycles. The lowest BCUT2D eigenvalue weighted by molar-refractivity contribution is -0.119. The van der Waals surface area contributed by atoms with Gasteiger partial charge in [0.2, 0.25) is 11.6 Å². The lowest BCUT2D eigenvalue weighted by Crippen LogP contribution is -2.38. The van der Waals surface area contributed by atoms with Gasteiger partial charge in [-0.25, -0.2) is 0 Å². The fourth-order valence-corrected chi connectivity index (χ4v) is 3.51. The smallest absolute Gasteiger partial charge is 0.233 e. The zero-order valence-corrected chi connectivity index (χ0v) is 13.5. The summed E-state index contributed by atoms with van der Waals surface area (Å²) in [6, 6.07) is 4.57. The van der Waals surface area contributed by atoms with Crippen LogP contribution in [-0.4, -0.2) is 27.6 Å². The molecule has 5 heteroatoms. The van der Waals surface area contributed by atoms with Gasteiger partial charge in [0.25, 0.3) is 0 Å². The number of Topliss-reactive ketones (excluding diaryl/α,β-unsaturated/α-hetero) is 3. The number of phenolic OH excluding ortho intramolecular Hbond substituents is 1. The summed E-state index contributed by atoms with van der Waals surface area (Å²) in [6.07, 6.45) is 2.67. The van der Waals surface area contributed by atoms with Gasteiger partial charge < -0.3 is 10.2 Å². The Balaban J connectivity index is 2.22. The molecule has 3 rings (SSSR count). The minimum absolute atomic E-state index is 0.0327. The Morgan fingerprint density at radius 2 is 1.92 bits per heavy atom. The number of phenols is 1. The van der Waals surface area contributed by atoms with E-state index in [1.807, 2.05) is 6.92 Å². The number of hydrogen-bond acceptors (Lipinski definition) is 5. The van der Waals surface area contributed by atoms with Crippen LogP contribution in [-0.2, 0) is 9.59 Å². The summed E-state index contributed by atoms with van der Waals surface area (Å²) in [4.78, 5) is 37.1. The molecule has 0 spiro atoms. The van der Waals surface area contributed by atoms with Crippen molar-refractivity contribution in [1.29, 1.82) is 0 Å². The molecule has 0 saturated heterocycles. The Morgan fingerprint density at radius 3 is 2.58 bits per heavy atom. The molecule has 0 aliphatic heterocycles. The number of aromatic hydroxyl groups is 1. The highest BCUT2D eigenvalue weighted by Crippen LogP contribution is 2.46. The molecule has 0 radical (unpaired) electrons. The number of ketones is 3. The second-order valence-corrected chi connectivity index (χ2v) is 6.20. The molecule has 124 valence electrons. The Bertz CT molecular complexity index is 828. The molecule has 2 unspecified atom stereocenters. The van der Waals surface area contributed by atoms with Gasteiger partial charge >= 0.3 is 0 Å². The van der Waals surface area contributed by atoms with Crippen LogP contribution in [0, 0.1) is 5.92 Å². The minimum Gasteiger partial charge on any atom is -0.511 e. The Kier molecular flexibility index (Phi) is 3.87. The standard InChI is InChI=1S/C19H18O5/c1-3-5-13(20)11-8-12-10-6-4-7-14(21)15(10)18(23)19(24)16(12)17(22)9(11)2/h4,6-8,12,16,21-22H,3,5H2,1-2H3. The van der Waals surface area contributed by atoms with Crippen molar-refractivity contribution >= 4 is 17.3 Å². The van der Waals surface area contributed by atoms with Crippen LogP contribution < -0.4 is 0 Å². The van der Waals surface area contributed by atoms with E-state index in [0.717, 1.165) is 0 Å². The number of fused-ring (bicyclic) bond motifs is 3. The van der Waals surface area contributed by atoms with Crippen LogP contribution >= 0.6 is 0 Å². The Hall–Kier alpha value is -2.69. The molecule has 0 fully saturated rings. The number of aliphatic hydroxyl groups is 1. The predicted octanol–water partition coefficient (Wildman–Crippen LogP) is 3.00. The summed E-state index contributed by atoms with van der Waals surface area (Å²) in [5.74, 6) is -3.81. The van der Waals surface area contributed by atoms with E-state index in [9.17, 15) is 24.6 Å². The van der Waals surface area contributed by atoms with E-state index in [0.29, 0.717) is 29.6 Å². The van der Waals surface area contributed by atoms with Gasteiger partial charge in [0.15, 0.2) is 5.78 Å². The molecule has 2 aliphatic rings. The van der Waals surface area contributed by atoms with E-state index in [1.54, 1.807) is 25.1 Å². The second-order valence-electron chi connectivity index (χ2n) is 6.20. The molecule has 1 aromatic rings. The first-order valence-electron chi connectivity index (χ1n) is 7.94. The largest absolute Gasteiger partial charge is 0.511 e. The number of carbonyl (C=O) groups is 3. The van der Waals surface area contributed by atoms with Crippen LogP contribution in [0.25, 0.3) is 0 Å². The second kappa shape index (κ2) is 5.74. The maximum Gasteiger partial charge on any atom is 0.233 e. The molecule has 2 N–H and O–H groups in total. The molecule has 0 heterocycles. The van der Waals surface area contributed by atoms with Crippen LogP contribution in [0.15, 0.2) is 41.2 Å². The zero-order valence-electron chi connectivity index (χ0n) is 13.5. The van der Waals surface area contributed by atoms with Crippen LogP contribution in [0.3, 0.4) is 0 Å². The highest BCUT2D eigenvalue weighted by Gasteiger charge is 2.46. The van der Waals surface area contributed by atoms with Gasteiger partial charge in [0.1, 0.15) is 11.5 Å². The number of benzene rings is 1. The van der Waals surface area contributed by atoms with Crippen LogP contribution in [0.4, 0.5) is 0 Å². The number of aliphatic hydroxyl groups excluding tert-OH is 1. The number of hydrogen-bond donors (Lipinski definition) is 2. The van der Waals surface area contributed by atoms with E-state index in [-0.39, 0.29) is 22.9 Å². The van der Waals surface area contributed by atoms with E-state index >= 15 is 0 Å². The molecule has 1 aromatic carbocycles. The molecule has 0 amide bonds. The average Bonchev–Trinajstić information content (AvgIpc) is 2.55. The number of allylic oxidation sites excluding steroid dienone is 4. The van der Waals surface area contributed by atoms with Gasteiger partial charge in [-0.1, -0.05) is 25.1 Å². The van der Waals surface area contributed by atoms with Gasteiger partial charge in [-0.3, -0.25) is 14.4 Å². The molecule has 2 atom stereocenters. The highest BCUT2D eigenvalue weighted by atomic mass is 16.3. The molecule has 0 bridgehead atoms. The molecule has 0 aromatic heterocycles. The summed E-state index contributed by atoms with van der Waals surface area (Å²) in [5.41, 5.74) is 1.16. The third kappa shape index (κ3) is 2.19. The van der Waals surface area contributed by atoms with Crippen molar-refractivity contribution in [2.75, 3.05) is 0 Å². The fraction of sp³-hybridized carbons (Fsp3) is 0.316. The first-order chi connectivity index (χ1) is 11.4. The number of carbonyl (C=O) groups excluding carboxylic acids is 3. The van der Waals surface area contributed by atoms with E-state index < -0.39 is 23.4 Å². The van der Waals surface area contributed by atoms with Crippen molar-refractivity contribution in [1.82, 2.24) is 0 Å². The zero-order chi connectivity index (χ0) is 17.6. The fourth-order valence-electron chi connectivity index (χ4n) is 3.51. The summed E-state index contributed by atoms with van der Waals surface area (Å²) >= 11 is 0. The van der Waals surface area contributed by atoms with Crippen LogP contribution in [0.5, 0.6) is 5.75 Å². The molecule has 2 aliphatic carbocycles. The molecular formula is C19H18O5. The third-order valence-corrected chi connectivity index (χ3v) is 4.73. The van der Waals surface area contributed by atoms with Crippen molar-refractivity contribution in [3.05, 3.63) is 52.3 Å². The predicted molar refractivity (Wildman–Crippen MR) is 87.0 cm³/mol. The van der Waals surface area contributed by atoms with E-state index in [4.69, 9.17) is 0 Å². The van der Waals surface area contributed by atoms with Gasteiger partial charge in [0, 0.05) is 17.9 Å². The van der Waals surface area contributed by atoms with Crippen molar-refractivity contribution in [2.45, 2.75) is 32.6 Å². The maximum atomic E-state index is 12.5.